The number of carbonyl (C=O) groups excluding carboxylic acids is 3. The van der Waals surface area contributed by atoms with E-state index in [1.807, 2.05) is 18.2 Å². The summed E-state index contributed by atoms with van der Waals surface area (Å²) in [6, 6.07) is 14.2. The van der Waals surface area contributed by atoms with E-state index in [0.29, 0.717) is 29.5 Å². The second-order valence-corrected chi connectivity index (χ2v) is 7.23. The number of benzene rings is 2. The Hall–Kier alpha value is -3.15. The maximum absolute atomic E-state index is 12.6. The summed E-state index contributed by atoms with van der Waals surface area (Å²) in [6.07, 6.45) is 0.551. The Bertz CT molecular complexity index is 858. The van der Waals surface area contributed by atoms with E-state index in [-0.39, 0.29) is 37.1 Å². The molecule has 0 aromatic heterocycles. The first-order valence-electron chi connectivity index (χ1n) is 9.39. The number of amides is 3. The fourth-order valence-corrected chi connectivity index (χ4v) is 2.89. The third-order valence-corrected chi connectivity index (χ3v) is 4.42. The van der Waals surface area contributed by atoms with Crippen molar-refractivity contribution in [2.45, 2.75) is 33.2 Å². The average Bonchev–Trinajstić information content (AvgIpc) is 3.00. The molecule has 0 bridgehead atoms. The lowest BCUT2D eigenvalue weighted by Gasteiger charge is -2.15. The number of nitrogens with one attached hydrogen (secondary N) is 1. The van der Waals surface area contributed by atoms with Gasteiger partial charge in [0.1, 0.15) is 5.75 Å². The fourth-order valence-electron chi connectivity index (χ4n) is 2.89. The Morgan fingerprint density at radius 2 is 1.68 bits per heavy atom. The van der Waals surface area contributed by atoms with Crippen molar-refractivity contribution in [2.75, 3.05) is 11.9 Å². The lowest BCUT2D eigenvalue weighted by Crippen LogP contribution is -2.28. The van der Waals surface area contributed by atoms with E-state index in [2.05, 4.69) is 19.2 Å². The number of ether oxygens (including phenoxy) is 1. The Kier molecular flexibility index (Phi) is 6.09. The Balaban J connectivity index is 1.65. The van der Waals surface area contributed by atoms with E-state index in [1.165, 1.54) is 4.90 Å². The van der Waals surface area contributed by atoms with Crippen molar-refractivity contribution in [2.24, 2.45) is 5.92 Å². The molecule has 1 N–H and O–H groups in total. The van der Waals surface area contributed by atoms with Gasteiger partial charge in [0.15, 0.2) is 0 Å². The summed E-state index contributed by atoms with van der Waals surface area (Å²) in [5.74, 6) is 0.466. The summed E-state index contributed by atoms with van der Waals surface area (Å²) in [5, 5.41) is 2.87. The zero-order valence-corrected chi connectivity index (χ0v) is 16.1. The van der Waals surface area contributed by atoms with Crippen LogP contribution in [-0.2, 0) is 16.1 Å². The van der Waals surface area contributed by atoms with E-state index in [9.17, 15) is 14.4 Å². The molecular weight excluding hydrogens is 356 g/mol. The molecule has 0 spiro atoms. The number of anilines is 1. The molecule has 2 aromatic rings. The van der Waals surface area contributed by atoms with E-state index in [1.54, 1.807) is 30.3 Å². The summed E-state index contributed by atoms with van der Waals surface area (Å²) >= 11 is 0. The van der Waals surface area contributed by atoms with Gasteiger partial charge in [0.05, 0.1) is 18.8 Å². The number of para-hydroxylation sites is 2. The highest BCUT2D eigenvalue weighted by Crippen LogP contribution is 2.25. The first-order chi connectivity index (χ1) is 13.4. The molecule has 1 saturated heterocycles. The Labute approximate surface area is 164 Å². The van der Waals surface area contributed by atoms with Crippen LogP contribution in [0, 0.1) is 5.92 Å². The first kappa shape index (κ1) is 19.6. The minimum atomic E-state index is -0.250. The maximum atomic E-state index is 12.6. The van der Waals surface area contributed by atoms with Crippen LogP contribution in [-0.4, -0.2) is 29.2 Å². The smallest absolute Gasteiger partial charge is 0.255 e. The highest BCUT2D eigenvalue weighted by atomic mass is 16.5. The van der Waals surface area contributed by atoms with Gasteiger partial charge in [-0.3, -0.25) is 19.3 Å². The molecule has 146 valence electrons. The largest absolute Gasteiger partial charge is 0.491 e. The van der Waals surface area contributed by atoms with Crippen LogP contribution in [0.3, 0.4) is 0 Å². The summed E-state index contributed by atoms with van der Waals surface area (Å²) in [5.41, 5.74) is 1.91. The van der Waals surface area contributed by atoms with Crippen molar-refractivity contribution in [1.82, 2.24) is 4.90 Å². The van der Waals surface area contributed by atoms with Crippen LogP contribution in [0.25, 0.3) is 0 Å². The third kappa shape index (κ3) is 4.76. The van der Waals surface area contributed by atoms with Crippen molar-refractivity contribution in [3.63, 3.8) is 0 Å². The van der Waals surface area contributed by atoms with Crippen molar-refractivity contribution >= 4 is 23.4 Å². The molecular formula is C22H24N2O4. The molecule has 1 fully saturated rings. The molecule has 0 unspecified atom stereocenters. The number of hydrogen-bond donors (Lipinski definition) is 1. The standard InChI is InChI=1S/C22H24N2O4/c1-15(2)14-28-19-6-4-3-5-18(19)23-22(27)17-9-7-16(8-10-17)13-24-20(25)11-12-21(24)26/h3-10,15H,11-14H2,1-2H3,(H,23,27). The van der Waals surface area contributed by atoms with Crippen molar-refractivity contribution in [3.8, 4) is 5.75 Å². The molecule has 1 aliphatic heterocycles. The molecule has 3 rings (SSSR count). The summed E-state index contributed by atoms with van der Waals surface area (Å²) in [7, 11) is 0. The monoisotopic (exact) mass is 380 g/mol. The number of nitrogens with zero attached hydrogens (tertiary/aromatic N) is 1. The van der Waals surface area contributed by atoms with Gasteiger partial charge in [0, 0.05) is 18.4 Å². The predicted octanol–water partition coefficient (Wildman–Crippen LogP) is 3.62. The van der Waals surface area contributed by atoms with Gasteiger partial charge >= 0.3 is 0 Å². The molecule has 6 heteroatoms. The summed E-state index contributed by atoms with van der Waals surface area (Å²) < 4.78 is 5.76. The molecule has 6 nitrogen and oxygen atoms in total. The molecule has 0 radical (unpaired) electrons. The predicted molar refractivity (Wildman–Crippen MR) is 106 cm³/mol. The molecule has 28 heavy (non-hydrogen) atoms. The van der Waals surface area contributed by atoms with Gasteiger partial charge in [0.25, 0.3) is 5.91 Å². The van der Waals surface area contributed by atoms with Crippen molar-refractivity contribution in [3.05, 3.63) is 59.7 Å². The van der Waals surface area contributed by atoms with Gasteiger partial charge < -0.3 is 10.1 Å². The number of carbonyl (C=O) groups is 3. The summed E-state index contributed by atoms with van der Waals surface area (Å²) in [6.45, 7) is 4.93. The van der Waals surface area contributed by atoms with E-state index in [4.69, 9.17) is 4.74 Å². The van der Waals surface area contributed by atoms with Crippen LogP contribution in [0.15, 0.2) is 48.5 Å². The van der Waals surface area contributed by atoms with E-state index >= 15 is 0 Å². The van der Waals surface area contributed by atoms with Gasteiger partial charge in [-0.15, -0.1) is 0 Å². The third-order valence-electron chi connectivity index (χ3n) is 4.42. The van der Waals surface area contributed by atoms with Crippen LogP contribution >= 0.6 is 0 Å². The zero-order chi connectivity index (χ0) is 20.1. The maximum Gasteiger partial charge on any atom is 0.255 e. The van der Waals surface area contributed by atoms with Gasteiger partial charge in [-0.25, -0.2) is 0 Å². The van der Waals surface area contributed by atoms with Crippen molar-refractivity contribution in [1.29, 1.82) is 0 Å². The van der Waals surface area contributed by atoms with Crippen molar-refractivity contribution < 1.29 is 19.1 Å². The van der Waals surface area contributed by atoms with E-state index in [0.717, 1.165) is 5.56 Å². The van der Waals surface area contributed by atoms with Crippen LogP contribution in [0.1, 0.15) is 42.6 Å². The lowest BCUT2D eigenvalue weighted by molar-refractivity contribution is -0.139. The molecule has 1 aliphatic rings. The molecule has 0 saturated carbocycles. The highest BCUT2D eigenvalue weighted by Gasteiger charge is 2.28. The van der Waals surface area contributed by atoms with Gasteiger partial charge in [-0.1, -0.05) is 38.1 Å². The minimum absolute atomic E-state index is 0.148. The average molecular weight is 380 g/mol. The second-order valence-electron chi connectivity index (χ2n) is 7.23. The second kappa shape index (κ2) is 8.69. The normalized spacial score (nSPS) is 13.9. The highest BCUT2D eigenvalue weighted by molar-refractivity contribution is 6.05. The number of imide groups is 1. The number of hydrogen-bond acceptors (Lipinski definition) is 4. The quantitative estimate of drug-likeness (QED) is 0.745. The first-order valence-corrected chi connectivity index (χ1v) is 9.39. The van der Waals surface area contributed by atoms with Crippen LogP contribution in [0.4, 0.5) is 5.69 Å². The fraction of sp³-hybridized carbons (Fsp3) is 0.318. The van der Waals surface area contributed by atoms with Crippen LogP contribution < -0.4 is 10.1 Å². The molecule has 2 aromatic carbocycles. The van der Waals surface area contributed by atoms with Gasteiger partial charge in [-0.2, -0.15) is 0 Å². The zero-order valence-electron chi connectivity index (χ0n) is 16.1. The van der Waals surface area contributed by atoms with E-state index < -0.39 is 0 Å². The Morgan fingerprint density at radius 1 is 1.04 bits per heavy atom. The number of likely N-dealkylation sites (tertiary alicyclic amines) is 1. The van der Waals surface area contributed by atoms with Gasteiger partial charge in [-0.05, 0) is 35.7 Å². The van der Waals surface area contributed by atoms with Crippen LogP contribution in [0.5, 0.6) is 5.75 Å². The molecule has 1 heterocycles. The van der Waals surface area contributed by atoms with Crippen LogP contribution in [0.2, 0.25) is 0 Å². The molecule has 0 aliphatic carbocycles. The topological polar surface area (TPSA) is 75.7 Å². The molecule has 3 amide bonds. The minimum Gasteiger partial charge on any atom is -0.491 e. The Morgan fingerprint density at radius 3 is 2.32 bits per heavy atom. The summed E-state index contributed by atoms with van der Waals surface area (Å²) in [4.78, 5) is 37.3. The lowest BCUT2D eigenvalue weighted by atomic mass is 10.1. The molecule has 0 atom stereocenters. The number of rotatable bonds is 7. The van der Waals surface area contributed by atoms with Gasteiger partial charge in [0.2, 0.25) is 11.8 Å². The SMILES string of the molecule is CC(C)COc1ccccc1NC(=O)c1ccc(CN2C(=O)CCC2=O)cc1.